The second-order valence-electron chi connectivity index (χ2n) is 4.22. The van der Waals surface area contributed by atoms with Gasteiger partial charge in [-0.15, -0.1) is 0 Å². The summed E-state index contributed by atoms with van der Waals surface area (Å²) in [7, 11) is -1.54. The topological polar surface area (TPSA) is 55.4 Å². The molecule has 1 rings (SSSR count). The van der Waals surface area contributed by atoms with Gasteiger partial charge >= 0.3 is 0 Å². The summed E-state index contributed by atoms with van der Waals surface area (Å²) in [5.74, 6) is 0.595. The Hall–Kier alpha value is 0.350. The Balaban J connectivity index is 2.24. The van der Waals surface area contributed by atoms with Crippen molar-refractivity contribution in [3.63, 3.8) is 0 Å². The number of sulfonamides is 1. The zero-order chi connectivity index (χ0) is 12.0. The predicted octanol–water partition coefficient (Wildman–Crippen LogP) is 1.51. The van der Waals surface area contributed by atoms with Crippen LogP contribution in [0.5, 0.6) is 0 Å². The van der Waals surface area contributed by atoms with Crippen molar-refractivity contribution in [1.29, 1.82) is 0 Å². The monoisotopic (exact) mass is 313 g/mol. The smallest absolute Gasteiger partial charge is 0.211 e. The number of ether oxygens (including phenoxy) is 1. The molecule has 96 valence electrons. The van der Waals surface area contributed by atoms with Crippen LogP contribution in [0.3, 0.4) is 0 Å². The average molecular weight is 314 g/mol. The van der Waals surface area contributed by atoms with E-state index in [1.165, 1.54) is 6.42 Å². The lowest BCUT2D eigenvalue weighted by atomic mass is 10.1. The van der Waals surface area contributed by atoms with E-state index in [2.05, 4.69) is 20.7 Å². The van der Waals surface area contributed by atoms with Crippen molar-refractivity contribution in [1.82, 2.24) is 4.72 Å². The number of nitrogens with one attached hydrogen (secondary N) is 1. The summed E-state index contributed by atoms with van der Waals surface area (Å²) in [6, 6.07) is 0. The van der Waals surface area contributed by atoms with E-state index < -0.39 is 10.0 Å². The van der Waals surface area contributed by atoms with Crippen LogP contribution in [0.15, 0.2) is 0 Å². The van der Waals surface area contributed by atoms with Crippen molar-refractivity contribution < 1.29 is 13.2 Å². The van der Waals surface area contributed by atoms with Gasteiger partial charge < -0.3 is 4.74 Å². The first kappa shape index (κ1) is 14.4. The highest BCUT2D eigenvalue weighted by atomic mass is 79.9. The van der Waals surface area contributed by atoms with Gasteiger partial charge in [0.05, 0.1) is 5.75 Å². The van der Waals surface area contributed by atoms with Crippen molar-refractivity contribution in [3.8, 4) is 0 Å². The van der Waals surface area contributed by atoms with Crippen molar-refractivity contribution in [2.45, 2.75) is 30.5 Å². The van der Waals surface area contributed by atoms with Crippen molar-refractivity contribution in [3.05, 3.63) is 0 Å². The summed E-state index contributed by atoms with van der Waals surface area (Å²) in [6.07, 6.45) is 3.99. The molecule has 1 saturated carbocycles. The molecule has 1 aliphatic rings. The van der Waals surface area contributed by atoms with E-state index in [9.17, 15) is 8.42 Å². The van der Waals surface area contributed by atoms with Gasteiger partial charge in [-0.05, 0) is 25.2 Å². The van der Waals surface area contributed by atoms with Gasteiger partial charge in [0.2, 0.25) is 10.0 Å². The molecule has 0 saturated heterocycles. The first-order valence-electron chi connectivity index (χ1n) is 5.65. The van der Waals surface area contributed by atoms with E-state index in [-0.39, 0.29) is 5.75 Å². The molecular weight excluding hydrogens is 294 g/mol. The van der Waals surface area contributed by atoms with Gasteiger partial charge in [-0.1, -0.05) is 22.4 Å². The summed E-state index contributed by atoms with van der Waals surface area (Å²) in [6.45, 7) is 1.05. The van der Waals surface area contributed by atoms with E-state index in [0.717, 1.165) is 12.8 Å². The van der Waals surface area contributed by atoms with Gasteiger partial charge in [0, 0.05) is 25.1 Å². The second-order valence-corrected chi connectivity index (χ2v) is 7.32. The van der Waals surface area contributed by atoms with E-state index >= 15 is 0 Å². The zero-order valence-corrected chi connectivity index (χ0v) is 12.0. The summed E-state index contributed by atoms with van der Waals surface area (Å²) in [5, 5.41) is 0. The molecule has 0 heterocycles. The fourth-order valence-electron chi connectivity index (χ4n) is 1.92. The number of hydrogen-bond donors (Lipinski definition) is 1. The molecule has 0 radical (unpaired) electrons. The first-order chi connectivity index (χ1) is 7.55. The van der Waals surface area contributed by atoms with Crippen LogP contribution < -0.4 is 4.72 Å². The first-order valence-corrected chi connectivity index (χ1v) is 8.22. The number of halogens is 1. The Kier molecular flexibility index (Phi) is 6.25. The highest BCUT2D eigenvalue weighted by molar-refractivity contribution is 9.09. The highest BCUT2D eigenvalue weighted by Crippen LogP contribution is 2.30. The number of methoxy groups -OCH3 is 1. The Morgan fingerprint density at radius 3 is 2.75 bits per heavy atom. The minimum Gasteiger partial charge on any atom is -0.385 e. The minimum absolute atomic E-state index is 0.153. The van der Waals surface area contributed by atoms with Crippen LogP contribution in [0.25, 0.3) is 0 Å². The normalized spacial score (nSPS) is 26.1. The molecule has 4 nitrogen and oxygen atoms in total. The van der Waals surface area contributed by atoms with Crippen LogP contribution in [0.2, 0.25) is 0 Å². The highest BCUT2D eigenvalue weighted by Gasteiger charge is 2.25. The molecule has 1 N–H and O–H groups in total. The summed E-state index contributed by atoms with van der Waals surface area (Å²) in [5.41, 5.74) is 0. The molecule has 0 aromatic carbocycles. The standard InChI is InChI=1S/C10H20BrNO3S/c1-15-6-3-7-16(13,14)12-8-9-4-2-5-10(9)11/h9-10,12H,2-8H2,1H3. The molecule has 16 heavy (non-hydrogen) atoms. The third-order valence-corrected chi connectivity index (χ3v) is 5.53. The Morgan fingerprint density at radius 2 is 2.19 bits per heavy atom. The van der Waals surface area contributed by atoms with E-state index in [0.29, 0.717) is 30.3 Å². The fraction of sp³-hybridized carbons (Fsp3) is 1.00. The molecule has 6 heteroatoms. The third-order valence-electron chi connectivity index (χ3n) is 2.89. The molecular formula is C10H20BrNO3S. The van der Waals surface area contributed by atoms with E-state index in [4.69, 9.17) is 4.74 Å². The second kappa shape index (κ2) is 6.93. The van der Waals surface area contributed by atoms with Gasteiger partial charge in [0.15, 0.2) is 0 Å². The maximum Gasteiger partial charge on any atom is 0.211 e. The van der Waals surface area contributed by atoms with Gasteiger partial charge in [0.1, 0.15) is 0 Å². The van der Waals surface area contributed by atoms with Crippen molar-refractivity contribution >= 4 is 26.0 Å². The molecule has 0 amide bonds. The molecule has 0 aromatic rings. The lowest BCUT2D eigenvalue weighted by Crippen LogP contribution is -2.33. The fourth-order valence-corrected chi connectivity index (χ4v) is 3.81. The van der Waals surface area contributed by atoms with Crippen LogP contribution in [0, 0.1) is 5.92 Å². The molecule has 0 bridgehead atoms. The zero-order valence-electron chi connectivity index (χ0n) is 9.62. The Bertz CT molecular complexity index is 294. The van der Waals surface area contributed by atoms with Crippen LogP contribution in [-0.4, -0.2) is 39.3 Å². The van der Waals surface area contributed by atoms with Crippen molar-refractivity contribution in [2.75, 3.05) is 26.0 Å². The summed E-state index contributed by atoms with van der Waals surface area (Å²) in [4.78, 5) is 0.467. The third kappa shape index (κ3) is 5.12. The molecule has 0 aromatic heterocycles. The van der Waals surface area contributed by atoms with Crippen LogP contribution >= 0.6 is 15.9 Å². The average Bonchev–Trinajstić information content (AvgIpc) is 2.62. The van der Waals surface area contributed by atoms with Gasteiger partial charge in [-0.25, -0.2) is 13.1 Å². The number of alkyl halides is 1. The van der Waals surface area contributed by atoms with E-state index in [1.54, 1.807) is 7.11 Å². The van der Waals surface area contributed by atoms with E-state index in [1.807, 2.05) is 0 Å². The molecule has 2 atom stereocenters. The Labute approximate surface area is 106 Å². The Morgan fingerprint density at radius 1 is 1.44 bits per heavy atom. The van der Waals surface area contributed by atoms with Crippen LogP contribution in [0.4, 0.5) is 0 Å². The largest absolute Gasteiger partial charge is 0.385 e. The maximum absolute atomic E-state index is 11.6. The number of hydrogen-bond acceptors (Lipinski definition) is 3. The summed E-state index contributed by atoms with van der Waals surface area (Å²) < 4.78 is 30.7. The van der Waals surface area contributed by atoms with Crippen LogP contribution in [-0.2, 0) is 14.8 Å². The predicted molar refractivity (Wildman–Crippen MR) is 68.3 cm³/mol. The molecule has 1 fully saturated rings. The summed E-state index contributed by atoms with van der Waals surface area (Å²) >= 11 is 3.58. The molecule has 1 aliphatic carbocycles. The molecule has 2 unspecified atom stereocenters. The van der Waals surface area contributed by atoms with Gasteiger partial charge in [-0.2, -0.15) is 0 Å². The lowest BCUT2D eigenvalue weighted by molar-refractivity contribution is 0.199. The maximum atomic E-state index is 11.6. The molecule has 0 spiro atoms. The SMILES string of the molecule is COCCCS(=O)(=O)NCC1CCCC1Br. The number of rotatable bonds is 7. The van der Waals surface area contributed by atoms with Gasteiger partial charge in [-0.3, -0.25) is 0 Å². The quantitative estimate of drug-likeness (QED) is 0.572. The van der Waals surface area contributed by atoms with Gasteiger partial charge in [0.25, 0.3) is 0 Å². The van der Waals surface area contributed by atoms with Crippen molar-refractivity contribution in [2.24, 2.45) is 5.92 Å². The lowest BCUT2D eigenvalue weighted by Gasteiger charge is -2.14. The minimum atomic E-state index is -3.12. The molecule has 0 aliphatic heterocycles. The van der Waals surface area contributed by atoms with Crippen LogP contribution in [0.1, 0.15) is 25.7 Å².